The number of carbonyl (C=O) groups is 2. The molecule has 2 aliphatic heterocycles. The Morgan fingerprint density at radius 2 is 1.77 bits per heavy atom. The van der Waals surface area contributed by atoms with E-state index in [9.17, 15) is 14.0 Å². The van der Waals surface area contributed by atoms with Gasteiger partial charge in [-0.1, -0.05) is 48.0 Å². The minimum absolute atomic E-state index is 0.0545. The fraction of sp³-hybridized carbons (Fsp3) is 0.300. The first-order valence-corrected chi connectivity index (χ1v) is 13.6. The molecule has 40 heavy (non-hydrogen) atoms. The van der Waals surface area contributed by atoms with Crippen LogP contribution in [0.15, 0.2) is 66.7 Å². The molecule has 1 aromatic heterocycles. The van der Waals surface area contributed by atoms with Gasteiger partial charge in [0.25, 0.3) is 0 Å². The van der Waals surface area contributed by atoms with Crippen molar-refractivity contribution in [2.45, 2.75) is 24.8 Å². The monoisotopic (exact) mass is 563 g/mol. The highest BCUT2D eigenvalue weighted by atomic mass is 35.5. The molecule has 0 aliphatic carbocycles. The van der Waals surface area contributed by atoms with Crippen molar-refractivity contribution in [3.05, 3.63) is 88.8 Å². The van der Waals surface area contributed by atoms with Gasteiger partial charge >= 0.3 is 0 Å². The standard InChI is InChI=1S/C30H31ClFN5O3/c31-29-24(32)10-11-27(35-29)36-30(39)23-18-37(21-13-15-40-16-14-21)17-22(23)20-8-5-19(6-9-20)7-12-28(38)34-26-4-2-1-3-25(26)33/h1-12,21-23H,13-18,33H2,(H,34,38)(H,35,36,39)/b12-7+. The van der Waals surface area contributed by atoms with E-state index in [1.807, 2.05) is 24.3 Å². The number of anilines is 3. The lowest BCUT2D eigenvalue weighted by Gasteiger charge is -2.31. The normalized spacial score (nSPS) is 20.1. The van der Waals surface area contributed by atoms with Crippen molar-refractivity contribution < 1.29 is 18.7 Å². The van der Waals surface area contributed by atoms with Crippen LogP contribution in [0.5, 0.6) is 0 Å². The topological polar surface area (TPSA) is 110 Å². The maximum Gasteiger partial charge on any atom is 0.248 e. The fourth-order valence-corrected chi connectivity index (χ4v) is 5.46. The first-order chi connectivity index (χ1) is 19.4. The molecule has 208 valence electrons. The predicted octanol–water partition coefficient (Wildman–Crippen LogP) is 4.94. The number of ether oxygens (including phenoxy) is 1. The van der Waals surface area contributed by atoms with E-state index in [-0.39, 0.29) is 34.6 Å². The first-order valence-electron chi connectivity index (χ1n) is 13.3. The van der Waals surface area contributed by atoms with E-state index in [1.165, 1.54) is 18.2 Å². The third-order valence-electron chi connectivity index (χ3n) is 7.46. The minimum Gasteiger partial charge on any atom is -0.397 e. The number of carbonyl (C=O) groups excluding carboxylic acids is 2. The second-order valence-corrected chi connectivity index (χ2v) is 10.4. The molecule has 2 saturated heterocycles. The summed E-state index contributed by atoms with van der Waals surface area (Å²) < 4.78 is 19.1. The molecule has 2 aromatic carbocycles. The number of amides is 2. The predicted molar refractivity (Wildman–Crippen MR) is 154 cm³/mol. The van der Waals surface area contributed by atoms with Crippen LogP contribution in [0.2, 0.25) is 5.15 Å². The maximum atomic E-state index is 13.6. The van der Waals surface area contributed by atoms with E-state index in [4.69, 9.17) is 22.1 Å². The Labute approximate surface area is 237 Å². The Bertz CT molecular complexity index is 1390. The van der Waals surface area contributed by atoms with Crippen LogP contribution in [-0.4, -0.2) is 54.0 Å². The van der Waals surface area contributed by atoms with Crippen LogP contribution in [-0.2, 0) is 14.3 Å². The highest BCUT2D eigenvalue weighted by molar-refractivity contribution is 6.29. The average Bonchev–Trinajstić information content (AvgIpc) is 3.42. The molecule has 2 atom stereocenters. The van der Waals surface area contributed by atoms with Crippen LogP contribution in [0.25, 0.3) is 6.08 Å². The van der Waals surface area contributed by atoms with E-state index in [0.717, 1.165) is 30.5 Å². The van der Waals surface area contributed by atoms with Crippen LogP contribution in [0.4, 0.5) is 21.6 Å². The largest absolute Gasteiger partial charge is 0.397 e. The lowest BCUT2D eigenvalue weighted by Crippen LogP contribution is -2.38. The molecule has 2 aliphatic rings. The van der Waals surface area contributed by atoms with Crippen molar-refractivity contribution in [1.82, 2.24) is 9.88 Å². The summed E-state index contributed by atoms with van der Waals surface area (Å²) in [7, 11) is 0. The number of hydrogen-bond donors (Lipinski definition) is 3. The number of nitrogens with one attached hydrogen (secondary N) is 2. The van der Waals surface area contributed by atoms with Crippen LogP contribution >= 0.6 is 11.6 Å². The maximum absolute atomic E-state index is 13.6. The zero-order valence-electron chi connectivity index (χ0n) is 21.9. The van der Waals surface area contributed by atoms with Gasteiger partial charge in [0.1, 0.15) is 5.82 Å². The molecule has 5 rings (SSSR count). The van der Waals surface area contributed by atoms with Crippen LogP contribution in [0, 0.1) is 11.7 Å². The van der Waals surface area contributed by atoms with Crippen LogP contribution in [0.1, 0.15) is 29.9 Å². The van der Waals surface area contributed by atoms with Crippen molar-refractivity contribution in [3.63, 3.8) is 0 Å². The van der Waals surface area contributed by atoms with E-state index in [2.05, 4.69) is 20.5 Å². The molecule has 10 heteroatoms. The molecule has 0 bridgehead atoms. The van der Waals surface area contributed by atoms with Crippen molar-refractivity contribution in [2.24, 2.45) is 5.92 Å². The Balaban J connectivity index is 1.30. The van der Waals surface area contributed by atoms with Gasteiger partial charge < -0.3 is 21.1 Å². The number of rotatable bonds is 7. The van der Waals surface area contributed by atoms with E-state index in [0.29, 0.717) is 37.2 Å². The summed E-state index contributed by atoms with van der Waals surface area (Å²) in [6, 6.07) is 17.9. The molecule has 2 fully saturated rings. The zero-order valence-corrected chi connectivity index (χ0v) is 22.6. The molecule has 3 heterocycles. The summed E-state index contributed by atoms with van der Waals surface area (Å²) in [6.07, 6.45) is 5.05. The van der Waals surface area contributed by atoms with Crippen molar-refractivity contribution >= 4 is 46.7 Å². The molecule has 2 amide bonds. The number of pyridine rings is 1. The summed E-state index contributed by atoms with van der Waals surface area (Å²) in [5.74, 6) is -1.28. The number of likely N-dealkylation sites (tertiary alicyclic amines) is 1. The number of para-hydroxylation sites is 2. The third-order valence-corrected chi connectivity index (χ3v) is 7.72. The summed E-state index contributed by atoms with van der Waals surface area (Å²) in [5.41, 5.74) is 8.83. The smallest absolute Gasteiger partial charge is 0.248 e. The number of nitrogens with zero attached hydrogens (tertiary/aromatic N) is 2. The van der Waals surface area contributed by atoms with Gasteiger partial charge in [0.15, 0.2) is 11.0 Å². The molecule has 4 N–H and O–H groups in total. The van der Waals surface area contributed by atoms with Gasteiger partial charge in [-0.15, -0.1) is 0 Å². The SMILES string of the molecule is Nc1ccccc1NC(=O)/C=C/c1ccc(C2CN(C3CCOCC3)CC2C(=O)Nc2ccc(F)c(Cl)n2)cc1. The number of nitrogen functional groups attached to an aromatic ring is 1. The van der Waals surface area contributed by atoms with Gasteiger partial charge in [0.05, 0.1) is 17.3 Å². The fourth-order valence-electron chi connectivity index (χ4n) is 5.30. The van der Waals surface area contributed by atoms with Crippen molar-refractivity contribution in [1.29, 1.82) is 0 Å². The quantitative estimate of drug-likeness (QED) is 0.213. The Hall–Kier alpha value is -3.79. The molecule has 3 aromatic rings. The molecule has 0 radical (unpaired) electrons. The second kappa shape index (κ2) is 12.6. The Morgan fingerprint density at radius 3 is 2.50 bits per heavy atom. The number of hydrogen-bond acceptors (Lipinski definition) is 6. The first kappa shape index (κ1) is 27.8. The van der Waals surface area contributed by atoms with Crippen LogP contribution < -0.4 is 16.4 Å². The lowest BCUT2D eigenvalue weighted by atomic mass is 9.88. The van der Waals surface area contributed by atoms with Crippen molar-refractivity contribution in [3.8, 4) is 0 Å². The third kappa shape index (κ3) is 6.67. The van der Waals surface area contributed by atoms with Crippen LogP contribution in [0.3, 0.4) is 0 Å². The van der Waals surface area contributed by atoms with Gasteiger partial charge in [-0.05, 0) is 54.3 Å². The summed E-state index contributed by atoms with van der Waals surface area (Å²) in [4.78, 5) is 32.1. The molecule has 2 unspecified atom stereocenters. The number of nitrogens with two attached hydrogens (primary N) is 1. The van der Waals surface area contributed by atoms with Gasteiger partial charge in [-0.25, -0.2) is 9.37 Å². The van der Waals surface area contributed by atoms with E-state index < -0.39 is 5.82 Å². The van der Waals surface area contributed by atoms with E-state index >= 15 is 0 Å². The highest BCUT2D eigenvalue weighted by Crippen LogP contribution is 2.36. The number of benzene rings is 2. The summed E-state index contributed by atoms with van der Waals surface area (Å²) in [5, 5.41) is 5.32. The van der Waals surface area contributed by atoms with Crippen molar-refractivity contribution in [2.75, 3.05) is 42.7 Å². The minimum atomic E-state index is -0.639. The van der Waals surface area contributed by atoms with Gasteiger partial charge in [0, 0.05) is 44.3 Å². The number of halogens is 2. The molecule has 0 saturated carbocycles. The molecular weight excluding hydrogens is 533 g/mol. The lowest BCUT2D eigenvalue weighted by molar-refractivity contribution is -0.120. The van der Waals surface area contributed by atoms with Gasteiger partial charge in [-0.3, -0.25) is 14.5 Å². The molecule has 8 nitrogen and oxygen atoms in total. The molecular formula is C30H31ClFN5O3. The number of aromatic nitrogens is 1. The van der Waals surface area contributed by atoms with Gasteiger partial charge in [-0.2, -0.15) is 0 Å². The van der Waals surface area contributed by atoms with E-state index in [1.54, 1.807) is 30.3 Å². The molecule has 0 spiro atoms. The highest BCUT2D eigenvalue weighted by Gasteiger charge is 2.41. The average molecular weight is 564 g/mol. The summed E-state index contributed by atoms with van der Waals surface area (Å²) in [6.45, 7) is 2.76. The zero-order chi connectivity index (χ0) is 28.1. The Morgan fingerprint density at radius 1 is 1.02 bits per heavy atom. The Kier molecular flexibility index (Phi) is 8.74. The second-order valence-electron chi connectivity index (χ2n) is 10.0. The van der Waals surface area contributed by atoms with Gasteiger partial charge in [0.2, 0.25) is 11.8 Å². The summed E-state index contributed by atoms with van der Waals surface area (Å²) >= 11 is 5.82.